The Labute approximate surface area is 140 Å². The van der Waals surface area contributed by atoms with Crippen molar-refractivity contribution in [1.82, 2.24) is 9.78 Å². The van der Waals surface area contributed by atoms with Crippen LogP contribution in [-0.2, 0) is 9.84 Å². The second kappa shape index (κ2) is 6.05. The summed E-state index contributed by atoms with van der Waals surface area (Å²) in [6.07, 6.45) is 2.42. The van der Waals surface area contributed by atoms with Gasteiger partial charge in [0.15, 0.2) is 9.84 Å². The molecule has 122 valence electrons. The second-order valence-electron chi connectivity index (χ2n) is 5.62. The molecule has 0 unspecified atom stereocenters. The zero-order valence-electron chi connectivity index (χ0n) is 13.3. The third kappa shape index (κ3) is 3.28. The van der Waals surface area contributed by atoms with Gasteiger partial charge in [-0.3, -0.25) is 4.79 Å². The molecule has 0 amide bonds. The monoisotopic (exact) mass is 340 g/mol. The van der Waals surface area contributed by atoms with Gasteiger partial charge in [0, 0.05) is 17.9 Å². The molecule has 2 aromatic carbocycles. The molecular formula is C18H16N2O3S. The van der Waals surface area contributed by atoms with Crippen LogP contribution < -0.4 is 5.43 Å². The van der Waals surface area contributed by atoms with Crippen LogP contribution in [0.15, 0.2) is 70.5 Å². The summed E-state index contributed by atoms with van der Waals surface area (Å²) in [5.41, 5.74) is 3.06. The Bertz CT molecular complexity index is 1030. The minimum absolute atomic E-state index is 0.208. The number of aryl methyl sites for hydroxylation is 1. The lowest BCUT2D eigenvalue weighted by Crippen LogP contribution is -2.11. The second-order valence-corrected chi connectivity index (χ2v) is 7.64. The zero-order chi connectivity index (χ0) is 17.3. The van der Waals surface area contributed by atoms with Crippen molar-refractivity contribution < 1.29 is 8.42 Å². The zero-order valence-corrected chi connectivity index (χ0v) is 14.1. The van der Waals surface area contributed by atoms with Gasteiger partial charge in [0.2, 0.25) is 5.43 Å². The highest BCUT2D eigenvalue weighted by atomic mass is 32.2. The Kier molecular flexibility index (Phi) is 4.07. The first-order valence-corrected chi connectivity index (χ1v) is 9.21. The van der Waals surface area contributed by atoms with E-state index < -0.39 is 9.84 Å². The van der Waals surface area contributed by atoms with Gasteiger partial charge in [-0.15, -0.1) is 0 Å². The van der Waals surface area contributed by atoms with Crippen LogP contribution in [0.1, 0.15) is 5.56 Å². The van der Waals surface area contributed by atoms with Crippen LogP contribution in [0.25, 0.3) is 16.9 Å². The molecule has 0 aliphatic carbocycles. The molecule has 0 saturated carbocycles. The summed E-state index contributed by atoms with van der Waals surface area (Å²) in [6, 6.07) is 15.7. The highest BCUT2D eigenvalue weighted by Crippen LogP contribution is 2.22. The fraction of sp³-hybridized carbons (Fsp3) is 0.111. The van der Waals surface area contributed by atoms with Crippen LogP contribution in [-0.4, -0.2) is 24.5 Å². The number of nitrogens with zero attached hydrogens (tertiary/aromatic N) is 2. The highest BCUT2D eigenvalue weighted by molar-refractivity contribution is 7.90. The van der Waals surface area contributed by atoms with Crippen LogP contribution in [0.3, 0.4) is 0 Å². The number of hydrogen-bond acceptors (Lipinski definition) is 4. The van der Waals surface area contributed by atoms with Gasteiger partial charge in [-0.05, 0) is 31.2 Å². The van der Waals surface area contributed by atoms with Crippen molar-refractivity contribution in [2.24, 2.45) is 0 Å². The van der Waals surface area contributed by atoms with E-state index in [0.29, 0.717) is 11.3 Å². The number of rotatable bonds is 3. The molecule has 0 spiro atoms. The first-order valence-electron chi connectivity index (χ1n) is 7.31. The average molecular weight is 340 g/mol. The number of sulfone groups is 1. The van der Waals surface area contributed by atoms with Gasteiger partial charge in [-0.25, -0.2) is 13.1 Å². The lowest BCUT2D eigenvalue weighted by molar-refractivity contribution is 0.602. The van der Waals surface area contributed by atoms with Crippen LogP contribution >= 0.6 is 0 Å². The summed E-state index contributed by atoms with van der Waals surface area (Å²) in [6.45, 7) is 1.99. The normalized spacial score (nSPS) is 11.4. The molecule has 5 nitrogen and oxygen atoms in total. The van der Waals surface area contributed by atoms with Crippen molar-refractivity contribution in [2.45, 2.75) is 11.8 Å². The predicted octanol–water partition coefficient (Wildman–Crippen LogP) is 2.61. The Morgan fingerprint density at radius 2 is 1.58 bits per heavy atom. The maximum Gasteiger partial charge on any atom is 0.200 e. The van der Waals surface area contributed by atoms with Gasteiger partial charge in [0.05, 0.1) is 22.5 Å². The molecule has 0 atom stereocenters. The fourth-order valence-electron chi connectivity index (χ4n) is 2.38. The van der Waals surface area contributed by atoms with Crippen molar-refractivity contribution in [3.63, 3.8) is 0 Å². The quantitative estimate of drug-likeness (QED) is 0.735. The average Bonchev–Trinajstić information content (AvgIpc) is 2.55. The van der Waals surface area contributed by atoms with Gasteiger partial charge in [-0.1, -0.05) is 29.8 Å². The smallest absolute Gasteiger partial charge is 0.200 e. The molecule has 3 aromatic rings. The van der Waals surface area contributed by atoms with Crippen molar-refractivity contribution in [2.75, 3.05) is 6.26 Å². The maximum absolute atomic E-state index is 11.8. The Hall–Kier alpha value is -2.73. The van der Waals surface area contributed by atoms with E-state index in [-0.39, 0.29) is 10.3 Å². The lowest BCUT2D eigenvalue weighted by Gasteiger charge is -2.12. The largest absolute Gasteiger partial charge is 0.288 e. The molecule has 0 aliphatic rings. The van der Waals surface area contributed by atoms with Gasteiger partial charge in [0.25, 0.3) is 0 Å². The maximum atomic E-state index is 11.8. The van der Waals surface area contributed by atoms with Gasteiger partial charge < -0.3 is 0 Å². The Balaban J connectivity index is 2.15. The first-order chi connectivity index (χ1) is 11.3. The van der Waals surface area contributed by atoms with Crippen LogP contribution in [0.4, 0.5) is 0 Å². The molecule has 24 heavy (non-hydrogen) atoms. The predicted molar refractivity (Wildman–Crippen MR) is 93.1 cm³/mol. The van der Waals surface area contributed by atoms with Gasteiger partial charge >= 0.3 is 0 Å². The number of aromatic nitrogens is 2. The van der Waals surface area contributed by atoms with E-state index in [1.807, 2.05) is 31.2 Å². The fourth-order valence-corrected chi connectivity index (χ4v) is 3.01. The number of benzene rings is 2. The van der Waals surface area contributed by atoms with E-state index in [1.54, 1.807) is 16.8 Å². The van der Waals surface area contributed by atoms with Crippen LogP contribution in [0.2, 0.25) is 0 Å². The molecule has 0 bridgehead atoms. The van der Waals surface area contributed by atoms with E-state index in [9.17, 15) is 13.2 Å². The first kappa shape index (κ1) is 16.1. The molecule has 0 aliphatic heterocycles. The van der Waals surface area contributed by atoms with Crippen molar-refractivity contribution in [3.8, 4) is 16.9 Å². The Morgan fingerprint density at radius 3 is 2.17 bits per heavy atom. The van der Waals surface area contributed by atoms with E-state index in [0.717, 1.165) is 17.5 Å². The summed E-state index contributed by atoms with van der Waals surface area (Å²) in [4.78, 5) is 12.0. The minimum atomic E-state index is -3.26. The van der Waals surface area contributed by atoms with Crippen LogP contribution in [0, 0.1) is 6.92 Å². The topological polar surface area (TPSA) is 69.0 Å². The van der Waals surface area contributed by atoms with E-state index in [2.05, 4.69) is 5.10 Å². The summed E-state index contributed by atoms with van der Waals surface area (Å²) in [5, 5.41) is 4.21. The third-order valence-electron chi connectivity index (χ3n) is 3.66. The van der Waals surface area contributed by atoms with Gasteiger partial charge in [-0.2, -0.15) is 5.10 Å². The van der Waals surface area contributed by atoms with E-state index in [4.69, 9.17) is 0 Å². The summed E-state index contributed by atoms with van der Waals surface area (Å²) < 4.78 is 24.8. The molecule has 0 radical (unpaired) electrons. The molecular weight excluding hydrogens is 324 g/mol. The molecule has 0 N–H and O–H groups in total. The molecule has 1 aromatic heterocycles. The van der Waals surface area contributed by atoms with E-state index in [1.165, 1.54) is 24.4 Å². The SMILES string of the molecule is Cc1ccc(-n2ncc(=O)cc2-c2ccc(S(C)(=O)=O)cc2)cc1. The summed E-state index contributed by atoms with van der Waals surface area (Å²) >= 11 is 0. The summed E-state index contributed by atoms with van der Waals surface area (Å²) in [5.74, 6) is 0. The molecule has 1 heterocycles. The van der Waals surface area contributed by atoms with E-state index >= 15 is 0 Å². The van der Waals surface area contributed by atoms with Gasteiger partial charge in [0.1, 0.15) is 0 Å². The molecule has 0 fully saturated rings. The molecule has 0 saturated heterocycles. The van der Waals surface area contributed by atoms with Crippen molar-refractivity contribution >= 4 is 9.84 Å². The molecule has 3 rings (SSSR count). The molecule has 6 heteroatoms. The Morgan fingerprint density at radius 1 is 0.958 bits per heavy atom. The standard InChI is InChI=1S/C18H16N2O3S/c1-13-3-7-15(8-4-13)20-18(11-16(21)12-19-20)14-5-9-17(10-6-14)24(2,22)23/h3-12H,1-2H3. The van der Waals surface area contributed by atoms with Crippen LogP contribution in [0.5, 0.6) is 0 Å². The lowest BCUT2D eigenvalue weighted by atomic mass is 10.1. The number of hydrogen-bond donors (Lipinski definition) is 0. The summed E-state index contributed by atoms with van der Waals surface area (Å²) in [7, 11) is -3.26. The van der Waals surface area contributed by atoms with Crippen molar-refractivity contribution in [3.05, 3.63) is 76.6 Å². The highest BCUT2D eigenvalue weighted by Gasteiger charge is 2.10. The third-order valence-corrected chi connectivity index (χ3v) is 4.79. The van der Waals surface area contributed by atoms with Crippen molar-refractivity contribution in [1.29, 1.82) is 0 Å². The minimum Gasteiger partial charge on any atom is -0.288 e.